The Bertz CT molecular complexity index is 660. The summed E-state index contributed by atoms with van der Waals surface area (Å²) in [6, 6.07) is 5.47. The number of carboxylic acids is 1. The Kier molecular flexibility index (Phi) is 3.18. The molecule has 2 aromatic rings. The standard InChI is InChI=1S/C15H15NO4/c1-19-13-7-10-5-3-2-4-9(10)6-11(13)14-8-12(15(17)18)16-20-14/h6-8H,2-5H2,1H3,(H,17,18). The van der Waals surface area contributed by atoms with Crippen LogP contribution in [0.2, 0.25) is 0 Å². The zero-order valence-electron chi connectivity index (χ0n) is 11.2. The number of benzene rings is 1. The van der Waals surface area contributed by atoms with E-state index in [-0.39, 0.29) is 5.69 Å². The van der Waals surface area contributed by atoms with Crippen LogP contribution in [-0.4, -0.2) is 23.3 Å². The Morgan fingerprint density at radius 2 is 1.95 bits per heavy atom. The molecule has 0 aliphatic heterocycles. The molecule has 1 aliphatic rings. The number of aromatic nitrogens is 1. The van der Waals surface area contributed by atoms with Gasteiger partial charge in [-0.15, -0.1) is 0 Å². The summed E-state index contributed by atoms with van der Waals surface area (Å²) in [6.45, 7) is 0. The van der Waals surface area contributed by atoms with E-state index in [1.165, 1.54) is 30.0 Å². The molecule has 104 valence electrons. The van der Waals surface area contributed by atoms with Crippen molar-refractivity contribution >= 4 is 5.97 Å². The summed E-state index contributed by atoms with van der Waals surface area (Å²) in [6.07, 6.45) is 4.46. The van der Waals surface area contributed by atoms with E-state index in [0.29, 0.717) is 11.5 Å². The van der Waals surface area contributed by atoms with E-state index in [2.05, 4.69) is 5.16 Å². The average molecular weight is 273 g/mol. The minimum atomic E-state index is -1.10. The summed E-state index contributed by atoms with van der Waals surface area (Å²) in [4.78, 5) is 10.9. The number of ether oxygens (including phenoxy) is 1. The lowest BCUT2D eigenvalue weighted by Crippen LogP contribution is -2.03. The van der Waals surface area contributed by atoms with E-state index in [1.54, 1.807) is 7.11 Å². The van der Waals surface area contributed by atoms with Crippen LogP contribution in [-0.2, 0) is 12.8 Å². The van der Waals surface area contributed by atoms with Crippen molar-refractivity contribution in [1.82, 2.24) is 5.16 Å². The Labute approximate surface area is 116 Å². The monoisotopic (exact) mass is 273 g/mol. The Morgan fingerprint density at radius 3 is 2.55 bits per heavy atom. The summed E-state index contributed by atoms with van der Waals surface area (Å²) in [5, 5.41) is 12.5. The van der Waals surface area contributed by atoms with E-state index in [4.69, 9.17) is 14.4 Å². The van der Waals surface area contributed by atoms with Crippen molar-refractivity contribution in [1.29, 1.82) is 0 Å². The number of carboxylic acid groups (broad SMARTS) is 1. The number of aryl methyl sites for hydroxylation is 2. The SMILES string of the molecule is COc1cc2c(cc1-c1cc(C(=O)O)no1)CCCC2. The second-order valence-electron chi connectivity index (χ2n) is 4.91. The smallest absolute Gasteiger partial charge is 0.358 e. The van der Waals surface area contributed by atoms with Gasteiger partial charge in [0.25, 0.3) is 0 Å². The summed E-state index contributed by atoms with van der Waals surface area (Å²) in [7, 11) is 1.60. The highest BCUT2D eigenvalue weighted by molar-refractivity contribution is 5.86. The first-order valence-corrected chi connectivity index (χ1v) is 6.59. The molecule has 0 unspecified atom stereocenters. The van der Waals surface area contributed by atoms with Gasteiger partial charge in [-0.25, -0.2) is 4.79 Å². The summed E-state index contributed by atoms with van der Waals surface area (Å²) in [5.74, 6) is 0.0169. The molecule has 1 N–H and O–H groups in total. The highest BCUT2D eigenvalue weighted by atomic mass is 16.5. The molecule has 0 saturated heterocycles. The third-order valence-corrected chi connectivity index (χ3v) is 3.66. The number of hydrogen-bond donors (Lipinski definition) is 1. The molecule has 0 radical (unpaired) electrons. The van der Waals surface area contributed by atoms with Crippen LogP contribution in [0.4, 0.5) is 0 Å². The topological polar surface area (TPSA) is 72.6 Å². The molecule has 1 heterocycles. The second kappa shape index (κ2) is 5.00. The van der Waals surface area contributed by atoms with Crippen molar-refractivity contribution in [2.45, 2.75) is 25.7 Å². The maximum atomic E-state index is 10.9. The lowest BCUT2D eigenvalue weighted by atomic mass is 9.89. The normalized spacial score (nSPS) is 13.8. The number of methoxy groups -OCH3 is 1. The van der Waals surface area contributed by atoms with Crippen LogP contribution in [0, 0.1) is 0 Å². The van der Waals surface area contributed by atoms with Crippen LogP contribution in [0.1, 0.15) is 34.5 Å². The van der Waals surface area contributed by atoms with Crippen molar-refractivity contribution in [2.24, 2.45) is 0 Å². The third kappa shape index (κ3) is 2.15. The largest absolute Gasteiger partial charge is 0.496 e. The van der Waals surface area contributed by atoms with Gasteiger partial charge >= 0.3 is 5.97 Å². The first kappa shape index (κ1) is 12.7. The fourth-order valence-electron chi connectivity index (χ4n) is 2.63. The minimum Gasteiger partial charge on any atom is -0.496 e. The molecule has 1 aliphatic carbocycles. The predicted molar refractivity (Wildman–Crippen MR) is 72.1 cm³/mol. The van der Waals surface area contributed by atoms with Gasteiger partial charge in [-0.1, -0.05) is 5.16 Å². The van der Waals surface area contributed by atoms with E-state index in [0.717, 1.165) is 18.4 Å². The number of fused-ring (bicyclic) bond motifs is 1. The molecule has 20 heavy (non-hydrogen) atoms. The van der Waals surface area contributed by atoms with E-state index in [1.807, 2.05) is 12.1 Å². The van der Waals surface area contributed by atoms with Crippen LogP contribution >= 0.6 is 0 Å². The third-order valence-electron chi connectivity index (χ3n) is 3.66. The number of carbonyl (C=O) groups is 1. The van der Waals surface area contributed by atoms with Crippen LogP contribution in [0.3, 0.4) is 0 Å². The minimum absolute atomic E-state index is 0.0974. The van der Waals surface area contributed by atoms with E-state index < -0.39 is 5.97 Å². The number of rotatable bonds is 3. The fraction of sp³-hybridized carbons (Fsp3) is 0.333. The molecule has 5 nitrogen and oxygen atoms in total. The van der Waals surface area contributed by atoms with Gasteiger partial charge in [0.2, 0.25) is 0 Å². The van der Waals surface area contributed by atoms with Gasteiger partial charge in [0.1, 0.15) is 5.75 Å². The maximum Gasteiger partial charge on any atom is 0.358 e. The van der Waals surface area contributed by atoms with Crippen LogP contribution in [0.5, 0.6) is 5.75 Å². The molecule has 1 aromatic heterocycles. The Balaban J connectivity index is 2.08. The van der Waals surface area contributed by atoms with Crippen LogP contribution < -0.4 is 4.74 Å². The molecular formula is C15H15NO4. The quantitative estimate of drug-likeness (QED) is 0.930. The summed E-state index contributed by atoms with van der Waals surface area (Å²) in [5.41, 5.74) is 3.24. The van der Waals surface area contributed by atoms with Gasteiger partial charge < -0.3 is 14.4 Å². The van der Waals surface area contributed by atoms with Crippen molar-refractivity contribution in [3.63, 3.8) is 0 Å². The Hall–Kier alpha value is -2.30. The van der Waals surface area contributed by atoms with E-state index >= 15 is 0 Å². The highest BCUT2D eigenvalue weighted by Gasteiger charge is 2.19. The lowest BCUT2D eigenvalue weighted by Gasteiger charge is -2.18. The summed E-state index contributed by atoms with van der Waals surface area (Å²) < 4.78 is 10.5. The Morgan fingerprint density at radius 1 is 1.25 bits per heavy atom. The molecule has 0 spiro atoms. The van der Waals surface area contributed by atoms with Gasteiger partial charge in [0, 0.05) is 6.07 Å². The molecule has 5 heteroatoms. The highest BCUT2D eigenvalue weighted by Crippen LogP contribution is 2.35. The summed E-state index contributed by atoms with van der Waals surface area (Å²) >= 11 is 0. The number of aromatic carboxylic acids is 1. The molecular weight excluding hydrogens is 258 g/mol. The lowest BCUT2D eigenvalue weighted by molar-refractivity contribution is 0.0686. The fourth-order valence-corrected chi connectivity index (χ4v) is 2.63. The van der Waals surface area contributed by atoms with E-state index in [9.17, 15) is 4.79 Å². The van der Waals surface area contributed by atoms with Gasteiger partial charge in [-0.05, 0) is 48.9 Å². The van der Waals surface area contributed by atoms with Crippen molar-refractivity contribution < 1.29 is 19.2 Å². The predicted octanol–water partition coefficient (Wildman–Crippen LogP) is 2.93. The zero-order chi connectivity index (χ0) is 14.1. The van der Waals surface area contributed by atoms with Crippen molar-refractivity contribution in [3.8, 4) is 17.1 Å². The molecule has 3 rings (SSSR count). The first-order valence-electron chi connectivity index (χ1n) is 6.59. The van der Waals surface area contributed by atoms with Crippen LogP contribution in [0.15, 0.2) is 22.7 Å². The zero-order valence-corrected chi connectivity index (χ0v) is 11.2. The number of nitrogens with zero attached hydrogens (tertiary/aromatic N) is 1. The maximum absolute atomic E-state index is 10.9. The second-order valence-corrected chi connectivity index (χ2v) is 4.91. The van der Waals surface area contributed by atoms with Gasteiger partial charge in [-0.3, -0.25) is 0 Å². The average Bonchev–Trinajstić information content (AvgIpc) is 2.95. The van der Waals surface area contributed by atoms with Gasteiger partial charge in [0.05, 0.1) is 12.7 Å². The molecule has 1 aromatic carbocycles. The molecule has 0 atom stereocenters. The van der Waals surface area contributed by atoms with Crippen LogP contribution in [0.25, 0.3) is 11.3 Å². The van der Waals surface area contributed by atoms with Gasteiger partial charge in [-0.2, -0.15) is 0 Å². The van der Waals surface area contributed by atoms with Crippen molar-refractivity contribution in [2.75, 3.05) is 7.11 Å². The molecule has 0 amide bonds. The molecule has 0 bridgehead atoms. The van der Waals surface area contributed by atoms with Gasteiger partial charge in [0.15, 0.2) is 11.5 Å². The molecule has 0 saturated carbocycles. The van der Waals surface area contributed by atoms with Crippen molar-refractivity contribution in [3.05, 3.63) is 35.0 Å². The number of hydrogen-bond acceptors (Lipinski definition) is 4. The first-order chi connectivity index (χ1) is 9.69. The molecule has 0 fully saturated rings.